The second kappa shape index (κ2) is 10.6. The van der Waals surface area contributed by atoms with E-state index < -0.39 is 5.97 Å². The maximum absolute atomic E-state index is 12.3. The smallest absolute Gasteiger partial charge is 0.305 e. The average molecular weight is 301 g/mol. The zero-order chi connectivity index (χ0) is 15.5. The first-order chi connectivity index (χ1) is 10.1. The minimum Gasteiger partial charge on any atom is -0.481 e. The van der Waals surface area contributed by atoms with E-state index in [1.54, 1.807) is 4.90 Å². The predicted octanol–water partition coefficient (Wildman–Crippen LogP) is 1.68. The summed E-state index contributed by atoms with van der Waals surface area (Å²) in [4.78, 5) is 24.6. The Morgan fingerprint density at radius 1 is 1.29 bits per heavy atom. The number of aliphatic carboxylic acids is 1. The van der Waals surface area contributed by atoms with Crippen LogP contribution in [-0.4, -0.2) is 60.9 Å². The first-order valence-corrected chi connectivity index (χ1v) is 7.85. The van der Waals surface area contributed by atoms with E-state index in [9.17, 15) is 9.59 Å². The van der Waals surface area contributed by atoms with Crippen molar-refractivity contribution in [2.24, 2.45) is 0 Å². The number of amides is 1. The minimum atomic E-state index is -0.890. The van der Waals surface area contributed by atoms with Gasteiger partial charge < -0.3 is 19.5 Å². The number of hydrogen-bond donors (Lipinski definition) is 1. The number of ether oxygens (including phenoxy) is 2. The lowest BCUT2D eigenvalue weighted by atomic mass is 10.2. The lowest BCUT2D eigenvalue weighted by molar-refractivity contribution is -0.143. The standard InChI is InChI=1S/C15H27NO5/c1-2-3-10-20-11-5-8-16(9-7-14(17)18)15(19)13-6-4-12-21-13/h13H,2-12H2,1H3,(H,17,18). The Labute approximate surface area is 126 Å². The zero-order valence-electron chi connectivity index (χ0n) is 12.9. The van der Waals surface area contributed by atoms with Crippen molar-refractivity contribution in [3.05, 3.63) is 0 Å². The van der Waals surface area contributed by atoms with Crippen molar-refractivity contribution in [2.45, 2.75) is 51.6 Å². The van der Waals surface area contributed by atoms with Gasteiger partial charge in [0.25, 0.3) is 5.91 Å². The highest BCUT2D eigenvalue weighted by Crippen LogP contribution is 2.15. The third kappa shape index (κ3) is 7.43. The lowest BCUT2D eigenvalue weighted by Crippen LogP contribution is -2.41. The molecule has 1 unspecified atom stereocenters. The Bertz CT molecular complexity index is 315. The molecule has 0 aromatic heterocycles. The van der Waals surface area contributed by atoms with Gasteiger partial charge >= 0.3 is 5.97 Å². The predicted molar refractivity (Wildman–Crippen MR) is 78.2 cm³/mol. The van der Waals surface area contributed by atoms with E-state index in [4.69, 9.17) is 14.6 Å². The van der Waals surface area contributed by atoms with Crippen molar-refractivity contribution in [1.29, 1.82) is 0 Å². The molecule has 1 rings (SSSR count). The minimum absolute atomic E-state index is 0.0326. The van der Waals surface area contributed by atoms with Crippen LogP contribution in [0, 0.1) is 0 Å². The first kappa shape index (κ1) is 17.9. The molecule has 1 N–H and O–H groups in total. The van der Waals surface area contributed by atoms with Gasteiger partial charge in [-0.1, -0.05) is 13.3 Å². The Morgan fingerprint density at radius 3 is 2.67 bits per heavy atom. The van der Waals surface area contributed by atoms with Crippen molar-refractivity contribution in [3.63, 3.8) is 0 Å². The summed E-state index contributed by atoms with van der Waals surface area (Å²) in [5.41, 5.74) is 0. The highest BCUT2D eigenvalue weighted by Gasteiger charge is 2.28. The fraction of sp³-hybridized carbons (Fsp3) is 0.867. The number of carbonyl (C=O) groups excluding carboxylic acids is 1. The van der Waals surface area contributed by atoms with Crippen molar-refractivity contribution < 1.29 is 24.2 Å². The molecule has 1 aliphatic heterocycles. The lowest BCUT2D eigenvalue weighted by Gasteiger charge is -2.24. The molecule has 1 heterocycles. The highest BCUT2D eigenvalue weighted by atomic mass is 16.5. The van der Waals surface area contributed by atoms with Gasteiger partial charge in [-0.2, -0.15) is 0 Å². The zero-order valence-corrected chi connectivity index (χ0v) is 12.9. The summed E-state index contributed by atoms with van der Waals surface area (Å²) in [6, 6.07) is 0. The van der Waals surface area contributed by atoms with Crippen molar-refractivity contribution in [2.75, 3.05) is 32.9 Å². The average Bonchev–Trinajstić information content (AvgIpc) is 2.99. The van der Waals surface area contributed by atoms with Crippen molar-refractivity contribution in [1.82, 2.24) is 4.90 Å². The molecule has 122 valence electrons. The first-order valence-electron chi connectivity index (χ1n) is 7.85. The van der Waals surface area contributed by atoms with Gasteiger partial charge in [0, 0.05) is 32.9 Å². The molecule has 1 fully saturated rings. The van der Waals surface area contributed by atoms with Crippen LogP contribution in [0.25, 0.3) is 0 Å². The Balaban J connectivity index is 2.32. The van der Waals surface area contributed by atoms with E-state index in [1.807, 2.05) is 0 Å². The Morgan fingerprint density at radius 2 is 2.05 bits per heavy atom. The molecular formula is C15H27NO5. The number of unbranched alkanes of at least 4 members (excludes halogenated alkanes) is 1. The molecule has 1 atom stereocenters. The van der Waals surface area contributed by atoms with E-state index in [2.05, 4.69) is 6.92 Å². The number of rotatable bonds is 11. The number of carbonyl (C=O) groups is 2. The second-order valence-electron chi connectivity index (χ2n) is 5.29. The number of hydrogen-bond acceptors (Lipinski definition) is 4. The summed E-state index contributed by atoms with van der Waals surface area (Å²) in [5, 5.41) is 8.78. The van der Waals surface area contributed by atoms with Crippen molar-refractivity contribution in [3.8, 4) is 0 Å². The van der Waals surface area contributed by atoms with Gasteiger partial charge in [-0.05, 0) is 25.7 Å². The van der Waals surface area contributed by atoms with Crippen LogP contribution in [0.15, 0.2) is 0 Å². The Hall–Kier alpha value is -1.14. The van der Waals surface area contributed by atoms with Gasteiger partial charge in [0.15, 0.2) is 0 Å². The van der Waals surface area contributed by atoms with Gasteiger partial charge in [0.1, 0.15) is 6.10 Å². The summed E-state index contributed by atoms with van der Waals surface area (Å²) >= 11 is 0. The van der Waals surface area contributed by atoms with Gasteiger partial charge in [-0.25, -0.2) is 0 Å². The number of nitrogens with zero attached hydrogens (tertiary/aromatic N) is 1. The van der Waals surface area contributed by atoms with Crippen LogP contribution in [-0.2, 0) is 19.1 Å². The molecule has 6 heteroatoms. The molecule has 0 spiro atoms. The molecule has 0 aliphatic carbocycles. The summed E-state index contributed by atoms with van der Waals surface area (Å²) in [6.07, 6.45) is 4.06. The van der Waals surface area contributed by atoms with Gasteiger partial charge in [0.2, 0.25) is 0 Å². The third-order valence-electron chi connectivity index (χ3n) is 3.47. The largest absolute Gasteiger partial charge is 0.481 e. The second-order valence-corrected chi connectivity index (χ2v) is 5.29. The van der Waals surface area contributed by atoms with E-state index >= 15 is 0 Å². The molecule has 0 bridgehead atoms. The topological polar surface area (TPSA) is 76.1 Å². The molecule has 0 aromatic rings. The summed E-state index contributed by atoms with van der Waals surface area (Å²) in [7, 11) is 0. The number of carboxylic acid groups (broad SMARTS) is 1. The van der Waals surface area contributed by atoms with Crippen LogP contribution in [0.3, 0.4) is 0 Å². The molecule has 1 aliphatic rings. The summed E-state index contributed by atoms with van der Waals surface area (Å²) < 4.78 is 10.9. The normalized spacial score (nSPS) is 17.9. The highest BCUT2D eigenvalue weighted by molar-refractivity contribution is 5.81. The van der Waals surface area contributed by atoms with E-state index in [-0.39, 0.29) is 25.0 Å². The molecule has 0 aromatic carbocycles. The fourth-order valence-electron chi connectivity index (χ4n) is 2.24. The molecule has 6 nitrogen and oxygen atoms in total. The quantitative estimate of drug-likeness (QED) is 0.588. The fourth-order valence-corrected chi connectivity index (χ4v) is 2.24. The molecule has 0 radical (unpaired) electrons. The summed E-state index contributed by atoms with van der Waals surface area (Å²) in [5.74, 6) is -0.971. The molecule has 21 heavy (non-hydrogen) atoms. The third-order valence-corrected chi connectivity index (χ3v) is 3.47. The maximum Gasteiger partial charge on any atom is 0.305 e. The van der Waals surface area contributed by atoms with Crippen LogP contribution in [0.1, 0.15) is 45.4 Å². The monoisotopic (exact) mass is 301 g/mol. The van der Waals surface area contributed by atoms with E-state index in [0.29, 0.717) is 19.8 Å². The van der Waals surface area contributed by atoms with Crippen LogP contribution in [0.2, 0.25) is 0 Å². The molecule has 1 amide bonds. The Kier molecular flexibility index (Phi) is 9.01. The van der Waals surface area contributed by atoms with E-state index in [0.717, 1.165) is 38.7 Å². The van der Waals surface area contributed by atoms with Crippen LogP contribution in [0.4, 0.5) is 0 Å². The summed E-state index contributed by atoms with van der Waals surface area (Å²) in [6.45, 7) is 4.83. The van der Waals surface area contributed by atoms with Crippen LogP contribution in [0.5, 0.6) is 0 Å². The van der Waals surface area contributed by atoms with E-state index in [1.165, 1.54) is 0 Å². The van der Waals surface area contributed by atoms with Gasteiger partial charge in [-0.15, -0.1) is 0 Å². The molecule has 1 saturated heterocycles. The molecular weight excluding hydrogens is 274 g/mol. The van der Waals surface area contributed by atoms with Gasteiger partial charge in [-0.3, -0.25) is 9.59 Å². The van der Waals surface area contributed by atoms with Crippen molar-refractivity contribution >= 4 is 11.9 Å². The van der Waals surface area contributed by atoms with Gasteiger partial charge in [0.05, 0.1) is 6.42 Å². The SMILES string of the molecule is CCCCOCCCN(CCC(=O)O)C(=O)C1CCCO1. The van der Waals surface area contributed by atoms with Crippen LogP contribution >= 0.6 is 0 Å². The maximum atomic E-state index is 12.3. The van der Waals surface area contributed by atoms with Crippen LogP contribution < -0.4 is 0 Å². The molecule has 0 saturated carbocycles. The number of carboxylic acids is 1.